The van der Waals surface area contributed by atoms with Crippen LogP contribution in [0.15, 0.2) is 23.1 Å². The van der Waals surface area contributed by atoms with Crippen LogP contribution in [0.25, 0.3) is 0 Å². The number of nitrogens with one attached hydrogen (secondary N) is 1. The van der Waals surface area contributed by atoms with Crippen molar-refractivity contribution in [3.05, 3.63) is 18.2 Å². The van der Waals surface area contributed by atoms with Gasteiger partial charge in [-0.1, -0.05) is 0 Å². The Morgan fingerprint density at radius 3 is 2.34 bits per heavy atom. The third-order valence-electron chi connectivity index (χ3n) is 4.18. The highest BCUT2D eigenvalue weighted by Gasteiger charge is 2.27. The molecule has 1 aromatic carbocycles. The van der Waals surface area contributed by atoms with Crippen molar-refractivity contribution in [1.82, 2.24) is 4.90 Å². The first kappa shape index (κ1) is 22.5. The Labute approximate surface area is 171 Å². The van der Waals surface area contributed by atoms with Crippen LogP contribution in [-0.2, 0) is 19.4 Å². The smallest absolute Gasteiger partial charge is 0.410 e. The molecule has 0 saturated carbocycles. The van der Waals surface area contributed by atoms with Gasteiger partial charge in [0, 0.05) is 32.4 Å². The standard InChI is InChI=1S/C19H26N4O5S/c1-19(2,3)28-18(25)23-11-9-22(10-12-23)16-6-5-14(29(4,26)27)13-15(16)21-17(24)7-8-20/h5-6,13H,7,9-12H2,1-4H3,(H,21,24). The van der Waals surface area contributed by atoms with Crippen LogP contribution >= 0.6 is 0 Å². The number of carbonyl (C=O) groups excluding carboxylic acids is 2. The monoisotopic (exact) mass is 422 g/mol. The molecule has 29 heavy (non-hydrogen) atoms. The number of benzene rings is 1. The van der Waals surface area contributed by atoms with Gasteiger partial charge in [0.05, 0.1) is 22.3 Å². The van der Waals surface area contributed by atoms with Crippen LogP contribution in [0.4, 0.5) is 16.2 Å². The zero-order valence-electron chi connectivity index (χ0n) is 17.1. The Balaban J connectivity index is 2.20. The number of ether oxygens (including phenoxy) is 1. The summed E-state index contributed by atoms with van der Waals surface area (Å²) in [6.07, 6.45) is 0.365. The van der Waals surface area contributed by atoms with Gasteiger partial charge in [-0.25, -0.2) is 13.2 Å². The van der Waals surface area contributed by atoms with Gasteiger partial charge in [0.2, 0.25) is 5.91 Å². The summed E-state index contributed by atoms with van der Waals surface area (Å²) >= 11 is 0. The minimum atomic E-state index is -3.46. The average Bonchev–Trinajstić information content (AvgIpc) is 2.60. The number of sulfone groups is 1. The van der Waals surface area contributed by atoms with Crippen LogP contribution in [0.5, 0.6) is 0 Å². The lowest BCUT2D eigenvalue weighted by atomic mass is 10.2. The number of nitrogens with zero attached hydrogens (tertiary/aromatic N) is 3. The number of amides is 2. The highest BCUT2D eigenvalue weighted by atomic mass is 32.2. The molecule has 0 aliphatic carbocycles. The summed E-state index contributed by atoms with van der Waals surface area (Å²) in [5.74, 6) is -0.521. The molecule has 0 unspecified atom stereocenters. The molecule has 1 N–H and O–H groups in total. The fourth-order valence-electron chi connectivity index (χ4n) is 2.84. The zero-order valence-corrected chi connectivity index (χ0v) is 17.9. The second-order valence-corrected chi connectivity index (χ2v) is 9.80. The van der Waals surface area contributed by atoms with Gasteiger partial charge in [-0.3, -0.25) is 4.79 Å². The van der Waals surface area contributed by atoms with E-state index in [-0.39, 0.29) is 17.4 Å². The van der Waals surface area contributed by atoms with E-state index in [9.17, 15) is 18.0 Å². The maximum atomic E-state index is 12.2. The van der Waals surface area contributed by atoms with Crippen molar-refractivity contribution in [1.29, 1.82) is 5.26 Å². The van der Waals surface area contributed by atoms with Gasteiger partial charge in [0.1, 0.15) is 12.0 Å². The molecule has 0 aromatic heterocycles. The summed E-state index contributed by atoms with van der Waals surface area (Å²) in [7, 11) is -3.46. The first-order chi connectivity index (χ1) is 13.4. The molecule has 1 saturated heterocycles. The van der Waals surface area contributed by atoms with Gasteiger partial charge < -0.3 is 19.9 Å². The predicted octanol–water partition coefficient (Wildman–Crippen LogP) is 2.00. The van der Waals surface area contributed by atoms with Crippen molar-refractivity contribution < 1.29 is 22.7 Å². The van der Waals surface area contributed by atoms with E-state index in [0.29, 0.717) is 37.6 Å². The predicted molar refractivity (Wildman–Crippen MR) is 108 cm³/mol. The third-order valence-corrected chi connectivity index (χ3v) is 5.29. The minimum absolute atomic E-state index is 0.0703. The van der Waals surface area contributed by atoms with Crippen molar-refractivity contribution in [3.63, 3.8) is 0 Å². The number of hydrogen-bond donors (Lipinski definition) is 1. The number of rotatable bonds is 4. The Morgan fingerprint density at radius 2 is 1.83 bits per heavy atom. The topological polar surface area (TPSA) is 120 Å². The molecule has 1 aliphatic heterocycles. The Hall–Kier alpha value is -2.80. The number of carbonyl (C=O) groups is 2. The van der Waals surface area contributed by atoms with E-state index in [2.05, 4.69) is 5.32 Å². The lowest BCUT2D eigenvalue weighted by molar-refractivity contribution is -0.115. The molecule has 1 heterocycles. The number of anilines is 2. The summed E-state index contributed by atoms with van der Waals surface area (Å²) in [6.45, 7) is 7.24. The maximum absolute atomic E-state index is 12.2. The van der Waals surface area contributed by atoms with Gasteiger partial charge >= 0.3 is 6.09 Å². The molecule has 10 heteroatoms. The number of nitriles is 1. The number of hydrogen-bond acceptors (Lipinski definition) is 7. The third kappa shape index (κ3) is 6.35. The summed E-state index contributed by atoms with van der Waals surface area (Å²) in [5.41, 5.74) is 0.375. The van der Waals surface area contributed by atoms with Crippen molar-refractivity contribution in [3.8, 4) is 6.07 Å². The quantitative estimate of drug-likeness (QED) is 0.788. The fourth-order valence-corrected chi connectivity index (χ4v) is 3.49. The van der Waals surface area contributed by atoms with Crippen LogP contribution in [-0.4, -0.2) is 63.4 Å². The van der Waals surface area contributed by atoms with E-state index in [1.165, 1.54) is 12.1 Å². The largest absolute Gasteiger partial charge is 0.444 e. The molecular formula is C19H26N4O5S. The SMILES string of the molecule is CC(C)(C)OC(=O)N1CCN(c2ccc(S(C)(=O)=O)cc2NC(=O)CC#N)CC1. The van der Waals surface area contributed by atoms with Crippen LogP contribution in [0.1, 0.15) is 27.2 Å². The van der Waals surface area contributed by atoms with Gasteiger partial charge in [-0.2, -0.15) is 5.26 Å². The highest BCUT2D eigenvalue weighted by Crippen LogP contribution is 2.30. The van der Waals surface area contributed by atoms with Crippen LogP contribution in [0.3, 0.4) is 0 Å². The van der Waals surface area contributed by atoms with E-state index in [4.69, 9.17) is 10.00 Å². The molecule has 9 nitrogen and oxygen atoms in total. The summed E-state index contributed by atoms with van der Waals surface area (Å²) < 4.78 is 29.1. The van der Waals surface area contributed by atoms with Crippen LogP contribution in [0.2, 0.25) is 0 Å². The van der Waals surface area contributed by atoms with Crippen molar-refractivity contribution in [2.45, 2.75) is 37.7 Å². The lowest BCUT2D eigenvalue weighted by Crippen LogP contribution is -2.50. The van der Waals surface area contributed by atoms with Gasteiger partial charge in [0.25, 0.3) is 0 Å². The molecule has 2 rings (SSSR count). The zero-order chi connectivity index (χ0) is 21.8. The Kier molecular flexibility index (Phi) is 6.74. The molecule has 1 aromatic rings. The molecule has 1 fully saturated rings. The normalized spacial score (nSPS) is 14.9. The first-order valence-corrected chi connectivity index (χ1v) is 11.0. The van der Waals surface area contributed by atoms with E-state index < -0.39 is 21.3 Å². The molecule has 158 valence electrons. The van der Waals surface area contributed by atoms with Crippen molar-refractivity contribution in [2.75, 3.05) is 42.7 Å². The molecule has 0 radical (unpaired) electrons. The van der Waals surface area contributed by atoms with Gasteiger partial charge in [-0.05, 0) is 39.0 Å². The molecule has 0 spiro atoms. The second-order valence-electron chi connectivity index (χ2n) is 7.79. The summed E-state index contributed by atoms with van der Waals surface area (Å²) in [6, 6.07) is 6.26. The summed E-state index contributed by atoms with van der Waals surface area (Å²) in [4.78, 5) is 27.8. The van der Waals surface area contributed by atoms with Crippen LogP contribution < -0.4 is 10.2 Å². The molecule has 0 bridgehead atoms. The summed E-state index contributed by atoms with van der Waals surface area (Å²) in [5, 5.41) is 11.3. The number of piperazine rings is 1. The lowest BCUT2D eigenvalue weighted by Gasteiger charge is -2.37. The van der Waals surface area contributed by atoms with E-state index in [1.807, 2.05) is 4.90 Å². The Morgan fingerprint density at radius 1 is 1.21 bits per heavy atom. The fraction of sp³-hybridized carbons (Fsp3) is 0.526. The minimum Gasteiger partial charge on any atom is -0.444 e. The maximum Gasteiger partial charge on any atom is 0.410 e. The van der Waals surface area contributed by atoms with E-state index in [1.54, 1.807) is 37.8 Å². The van der Waals surface area contributed by atoms with E-state index in [0.717, 1.165) is 6.26 Å². The van der Waals surface area contributed by atoms with Crippen molar-refractivity contribution >= 4 is 33.2 Å². The van der Waals surface area contributed by atoms with Crippen LogP contribution in [0, 0.1) is 11.3 Å². The molecule has 0 atom stereocenters. The highest BCUT2D eigenvalue weighted by molar-refractivity contribution is 7.90. The molecule has 1 aliphatic rings. The van der Waals surface area contributed by atoms with Gasteiger partial charge in [-0.15, -0.1) is 0 Å². The molecule has 2 amide bonds. The molecular weight excluding hydrogens is 396 g/mol. The Bertz CT molecular complexity index is 923. The van der Waals surface area contributed by atoms with Crippen molar-refractivity contribution in [2.24, 2.45) is 0 Å². The average molecular weight is 423 g/mol. The van der Waals surface area contributed by atoms with E-state index >= 15 is 0 Å². The van der Waals surface area contributed by atoms with Gasteiger partial charge in [0.15, 0.2) is 9.84 Å². The second kappa shape index (κ2) is 8.69. The first-order valence-electron chi connectivity index (χ1n) is 9.14.